The maximum Gasteiger partial charge on any atom is 0.255 e. The van der Waals surface area contributed by atoms with Gasteiger partial charge in [0.2, 0.25) is 0 Å². The van der Waals surface area contributed by atoms with Crippen LogP contribution in [-0.2, 0) is 9.84 Å². The number of anilines is 2. The van der Waals surface area contributed by atoms with Gasteiger partial charge >= 0.3 is 0 Å². The number of halogens is 2. The van der Waals surface area contributed by atoms with Crippen molar-refractivity contribution in [3.8, 4) is 0 Å². The standard InChI is InChI=1S/C17H17F2N3O3S/c1-22(14-4-5-26(24,25)10-14)17(23)11-6-13(9-20-8-11)21-12-2-3-15(18)16(19)7-12/h2-3,6-9,14,21H,4-5,10H2,1H3. The van der Waals surface area contributed by atoms with Crippen LogP contribution in [0.15, 0.2) is 36.7 Å². The number of amides is 1. The van der Waals surface area contributed by atoms with Gasteiger partial charge in [-0.3, -0.25) is 9.78 Å². The Morgan fingerprint density at radius 2 is 1.96 bits per heavy atom. The van der Waals surface area contributed by atoms with Gasteiger partial charge in [-0.15, -0.1) is 0 Å². The third-order valence-corrected chi connectivity index (χ3v) is 6.02. The molecule has 1 N–H and O–H groups in total. The molecule has 1 aliphatic heterocycles. The zero-order valence-electron chi connectivity index (χ0n) is 13.9. The minimum Gasteiger partial charge on any atom is -0.354 e. The highest BCUT2D eigenvalue weighted by Gasteiger charge is 2.33. The van der Waals surface area contributed by atoms with E-state index in [1.165, 1.54) is 29.4 Å². The second-order valence-corrected chi connectivity index (χ2v) is 8.42. The maximum absolute atomic E-state index is 13.3. The molecule has 138 valence electrons. The Morgan fingerprint density at radius 1 is 1.19 bits per heavy atom. The Bertz CT molecular complexity index is 950. The van der Waals surface area contributed by atoms with Gasteiger partial charge in [0.05, 0.1) is 29.0 Å². The topological polar surface area (TPSA) is 79.4 Å². The summed E-state index contributed by atoms with van der Waals surface area (Å²) < 4.78 is 49.5. The number of sulfone groups is 1. The van der Waals surface area contributed by atoms with E-state index >= 15 is 0 Å². The number of carbonyl (C=O) groups is 1. The van der Waals surface area contributed by atoms with Gasteiger partial charge in [0.1, 0.15) is 0 Å². The largest absolute Gasteiger partial charge is 0.354 e. The van der Waals surface area contributed by atoms with E-state index in [4.69, 9.17) is 0 Å². The lowest BCUT2D eigenvalue weighted by atomic mass is 10.2. The molecule has 0 radical (unpaired) electrons. The molecule has 1 amide bonds. The molecular weight excluding hydrogens is 364 g/mol. The van der Waals surface area contributed by atoms with Crippen LogP contribution in [0, 0.1) is 11.6 Å². The van der Waals surface area contributed by atoms with Crippen LogP contribution in [-0.4, -0.2) is 48.8 Å². The number of benzene rings is 1. The number of nitrogens with zero attached hydrogens (tertiary/aromatic N) is 2. The SMILES string of the molecule is CN(C(=O)c1cncc(Nc2ccc(F)c(F)c2)c1)C1CCS(=O)(=O)C1. The average Bonchev–Trinajstić information content (AvgIpc) is 2.97. The van der Waals surface area contributed by atoms with Crippen molar-refractivity contribution in [1.29, 1.82) is 0 Å². The van der Waals surface area contributed by atoms with E-state index in [1.807, 2.05) is 0 Å². The molecule has 1 aliphatic rings. The van der Waals surface area contributed by atoms with Crippen LogP contribution < -0.4 is 5.32 Å². The van der Waals surface area contributed by atoms with E-state index in [9.17, 15) is 22.0 Å². The second kappa shape index (κ2) is 6.99. The van der Waals surface area contributed by atoms with Gasteiger partial charge in [-0.1, -0.05) is 0 Å². The van der Waals surface area contributed by atoms with Crippen molar-refractivity contribution in [2.45, 2.75) is 12.5 Å². The molecule has 26 heavy (non-hydrogen) atoms. The number of rotatable bonds is 4. The third-order valence-electron chi connectivity index (χ3n) is 4.27. The molecule has 1 unspecified atom stereocenters. The average molecular weight is 381 g/mol. The first kappa shape index (κ1) is 18.2. The highest BCUT2D eigenvalue weighted by Crippen LogP contribution is 2.22. The lowest BCUT2D eigenvalue weighted by Crippen LogP contribution is -2.37. The van der Waals surface area contributed by atoms with Crippen LogP contribution >= 0.6 is 0 Å². The number of pyridine rings is 1. The lowest BCUT2D eigenvalue weighted by molar-refractivity contribution is 0.0747. The van der Waals surface area contributed by atoms with E-state index < -0.39 is 21.5 Å². The minimum absolute atomic E-state index is 0.0462. The van der Waals surface area contributed by atoms with Gasteiger partial charge in [0.15, 0.2) is 21.5 Å². The molecule has 0 aliphatic carbocycles. The van der Waals surface area contributed by atoms with Crippen LogP contribution in [0.4, 0.5) is 20.2 Å². The first-order valence-corrected chi connectivity index (χ1v) is 9.72. The summed E-state index contributed by atoms with van der Waals surface area (Å²) in [5.74, 6) is -2.27. The number of hydrogen-bond acceptors (Lipinski definition) is 5. The first-order valence-electron chi connectivity index (χ1n) is 7.90. The van der Waals surface area contributed by atoms with Crippen LogP contribution in [0.2, 0.25) is 0 Å². The minimum atomic E-state index is -3.10. The van der Waals surface area contributed by atoms with E-state index in [0.717, 1.165) is 12.1 Å². The van der Waals surface area contributed by atoms with Crippen molar-refractivity contribution in [2.75, 3.05) is 23.9 Å². The lowest BCUT2D eigenvalue weighted by Gasteiger charge is -2.23. The monoisotopic (exact) mass is 381 g/mol. The van der Waals surface area contributed by atoms with Crippen LogP contribution in [0.5, 0.6) is 0 Å². The summed E-state index contributed by atoms with van der Waals surface area (Å²) in [6.45, 7) is 0. The van der Waals surface area contributed by atoms with Crippen LogP contribution in [0.1, 0.15) is 16.8 Å². The Balaban J connectivity index is 1.76. The molecular formula is C17H17F2N3O3S. The van der Waals surface area contributed by atoms with Gasteiger partial charge in [-0.05, 0) is 24.6 Å². The quantitative estimate of drug-likeness (QED) is 0.880. The molecule has 0 spiro atoms. The fourth-order valence-electron chi connectivity index (χ4n) is 2.82. The summed E-state index contributed by atoms with van der Waals surface area (Å²) >= 11 is 0. The van der Waals surface area contributed by atoms with Gasteiger partial charge in [-0.25, -0.2) is 17.2 Å². The number of nitrogens with one attached hydrogen (secondary N) is 1. The second-order valence-electron chi connectivity index (χ2n) is 6.19. The van der Waals surface area contributed by atoms with E-state index in [-0.39, 0.29) is 29.0 Å². The highest BCUT2D eigenvalue weighted by molar-refractivity contribution is 7.91. The summed E-state index contributed by atoms with van der Waals surface area (Å²) in [6.07, 6.45) is 3.22. The fourth-order valence-corrected chi connectivity index (χ4v) is 4.59. The third kappa shape index (κ3) is 3.98. The summed E-state index contributed by atoms with van der Waals surface area (Å²) in [5, 5.41) is 2.85. The molecule has 2 aromatic rings. The van der Waals surface area contributed by atoms with Gasteiger partial charge in [0, 0.05) is 31.0 Å². The normalized spacial score (nSPS) is 18.5. The Hall–Kier alpha value is -2.55. The summed E-state index contributed by atoms with van der Waals surface area (Å²) in [5.41, 5.74) is 1.00. The Morgan fingerprint density at radius 3 is 2.62 bits per heavy atom. The highest BCUT2D eigenvalue weighted by atomic mass is 32.2. The van der Waals surface area contributed by atoms with Crippen molar-refractivity contribution in [1.82, 2.24) is 9.88 Å². The van der Waals surface area contributed by atoms with Crippen molar-refractivity contribution < 1.29 is 22.0 Å². The molecule has 1 fully saturated rings. The molecule has 1 saturated heterocycles. The molecule has 1 aromatic heterocycles. The van der Waals surface area contributed by atoms with Gasteiger partial charge < -0.3 is 10.2 Å². The number of carbonyl (C=O) groups excluding carboxylic acids is 1. The van der Waals surface area contributed by atoms with E-state index in [1.54, 1.807) is 7.05 Å². The zero-order chi connectivity index (χ0) is 18.9. The Kier molecular flexibility index (Phi) is 4.90. The molecule has 0 bridgehead atoms. The van der Waals surface area contributed by atoms with Crippen LogP contribution in [0.3, 0.4) is 0 Å². The summed E-state index contributed by atoms with van der Waals surface area (Å²) in [6, 6.07) is 4.52. The molecule has 1 atom stereocenters. The number of hydrogen-bond donors (Lipinski definition) is 1. The molecule has 1 aromatic carbocycles. The van der Waals surface area contributed by atoms with Gasteiger partial charge in [-0.2, -0.15) is 0 Å². The predicted octanol–water partition coefficient (Wildman–Crippen LogP) is 2.36. The molecule has 2 heterocycles. The maximum atomic E-state index is 13.3. The predicted molar refractivity (Wildman–Crippen MR) is 93.0 cm³/mol. The summed E-state index contributed by atoms with van der Waals surface area (Å²) in [4.78, 5) is 18.0. The van der Waals surface area contributed by atoms with Crippen LogP contribution in [0.25, 0.3) is 0 Å². The zero-order valence-corrected chi connectivity index (χ0v) is 14.8. The Labute approximate surface area is 149 Å². The van der Waals surface area contributed by atoms with Crippen molar-refractivity contribution >= 4 is 27.1 Å². The van der Waals surface area contributed by atoms with Crippen molar-refractivity contribution in [3.05, 3.63) is 53.9 Å². The molecule has 6 nitrogen and oxygen atoms in total. The first-order chi connectivity index (χ1) is 12.2. The van der Waals surface area contributed by atoms with Crippen molar-refractivity contribution in [3.63, 3.8) is 0 Å². The summed E-state index contributed by atoms with van der Waals surface area (Å²) in [7, 11) is -1.54. The van der Waals surface area contributed by atoms with E-state index in [2.05, 4.69) is 10.3 Å². The fraction of sp³-hybridized carbons (Fsp3) is 0.294. The van der Waals surface area contributed by atoms with Crippen molar-refractivity contribution in [2.24, 2.45) is 0 Å². The van der Waals surface area contributed by atoms with Gasteiger partial charge in [0.25, 0.3) is 5.91 Å². The molecule has 9 heteroatoms. The molecule has 3 rings (SSSR count). The molecule has 0 saturated carbocycles. The number of aromatic nitrogens is 1. The van der Waals surface area contributed by atoms with E-state index in [0.29, 0.717) is 17.8 Å². The smallest absolute Gasteiger partial charge is 0.255 e.